The quantitative estimate of drug-likeness (QED) is 0.380. The Morgan fingerprint density at radius 2 is 1.39 bits per heavy atom. The van der Waals surface area contributed by atoms with Crippen LogP contribution in [-0.2, 0) is 24.1 Å². The summed E-state index contributed by atoms with van der Waals surface area (Å²) in [5, 5.41) is 19.6. The number of aromatic nitrogens is 2. The summed E-state index contributed by atoms with van der Waals surface area (Å²) in [4.78, 5) is 25.4. The number of carbonyl (C=O) groups is 2. The molecule has 0 atom stereocenters. The van der Waals surface area contributed by atoms with Crippen molar-refractivity contribution in [3.8, 4) is 0 Å². The van der Waals surface area contributed by atoms with Crippen molar-refractivity contribution in [2.45, 2.75) is 0 Å². The number of benzene rings is 2. The van der Waals surface area contributed by atoms with Crippen LogP contribution in [0.3, 0.4) is 0 Å². The molecular formula is C21H17CuN2O4+. The molecule has 1 radical (unpaired) electrons. The summed E-state index contributed by atoms with van der Waals surface area (Å²) < 4.78 is 1.68. The van der Waals surface area contributed by atoms with Gasteiger partial charge in [-0.2, -0.15) is 4.57 Å². The summed E-state index contributed by atoms with van der Waals surface area (Å²) >= 11 is 0. The van der Waals surface area contributed by atoms with Crippen molar-refractivity contribution in [3.05, 3.63) is 84.2 Å². The van der Waals surface area contributed by atoms with Gasteiger partial charge in [-0.15, -0.1) is 0 Å². The summed E-state index contributed by atoms with van der Waals surface area (Å²) in [7, 11) is 1.76. The van der Waals surface area contributed by atoms with Crippen molar-refractivity contribution in [2.24, 2.45) is 7.05 Å². The van der Waals surface area contributed by atoms with E-state index in [-0.39, 0.29) is 22.8 Å². The zero-order valence-electron chi connectivity index (χ0n) is 14.8. The zero-order valence-corrected chi connectivity index (χ0v) is 15.8. The number of carboxylic acid groups (broad SMARTS) is 2. The third-order valence-electron chi connectivity index (χ3n) is 4.12. The van der Waals surface area contributed by atoms with Gasteiger partial charge in [0, 0.05) is 40.0 Å². The van der Waals surface area contributed by atoms with E-state index >= 15 is 0 Å². The molecule has 4 rings (SSSR count). The molecule has 0 fully saturated rings. The van der Waals surface area contributed by atoms with E-state index < -0.39 is 11.9 Å². The molecule has 2 N–H and O–H groups in total. The average Bonchev–Trinajstić information content (AvgIpc) is 2.68. The Morgan fingerprint density at radius 3 is 2.07 bits per heavy atom. The van der Waals surface area contributed by atoms with Crippen molar-refractivity contribution in [3.63, 3.8) is 0 Å². The van der Waals surface area contributed by atoms with Crippen molar-refractivity contribution in [1.82, 2.24) is 4.98 Å². The molecule has 0 aliphatic rings. The topological polar surface area (TPSA) is 91.4 Å². The number of para-hydroxylation sites is 2. The Kier molecular flexibility index (Phi) is 6.82. The van der Waals surface area contributed by atoms with Gasteiger partial charge in [-0.3, -0.25) is 0 Å². The maximum absolute atomic E-state index is 10.8. The van der Waals surface area contributed by atoms with E-state index in [4.69, 9.17) is 10.2 Å². The van der Waals surface area contributed by atoms with Gasteiger partial charge in [0.15, 0.2) is 0 Å². The van der Waals surface area contributed by atoms with Crippen LogP contribution in [0.5, 0.6) is 0 Å². The molecule has 0 saturated heterocycles. The third kappa shape index (κ3) is 4.52. The SMILES string of the molecule is C[n+]1c(C(=O)O)ccc2ccccc21.O=C(O)c1ccc2ccccc2n1.[Cu]. The molecule has 0 amide bonds. The molecule has 0 aliphatic carbocycles. The molecule has 4 aromatic rings. The van der Waals surface area contributed by atoms with Crippen molar-refractivity contribution >= 4 is 33.7 Å². The standard InChI is InChI=1S/C11H9NO2.C10H7NO2.Cu/c1-12-9-5-3-2-4-8(9)6-7-10(12)11(13)14;12-10(13)9-6-5-7-3-1-2-4-8(7)11-9;/h2-7H,1H3;1-6H,(H,12,13);/p+1. The average molecular weight is 425 g/mol. The number of hydrogen-bond acceptors (Lipinski definition) is 3. The fourth-order valence-electron chi connectivity index (χ4n) is 2.74. The van der Waals surface area contributed by atoms with E-state index in [0.717, 1.165) is 16.3 Å². The fraction of sp³-hybridized carbons (Fsp3) is 0.0476. The van der Waals surface area contributed by atoms with Crippen LogP contribution in [0.1, 0.15) is 21.0 Å². The van der Waals surface area contributed by atoms with E-state index in [1.165, 1.54) is 6.07 Å². The second-order valence-electron chi connectivity index (χ2n) is 5.84. The smallest absolute Gasteiger partial charge is 0.401 e. The minimum absolute atomic E-state index is 0. The largest absolute Gasteiger partial charge is 0.477 e. The van der Waals surface area contributed by atoms with Crippen LogP contribution in [0.15, 0.2) is 72.8 Å². The summed E-state index contributed by atoms with van der Waals surface area (Å²) in [5.74, 6) is -1.90. The Bertz CT molecular complexity index is 1160. The van der Waals surface area contributed by atoms with E-state index in [1.807, 2.05) is 48.5 Å². The van der Waals surface area contributed by atoms with Gasteiger partial charge in [0.1, 0.15) is 12.7 Å². The molecule has 0 unspecified atom stereocenters. The van der Waals surface area contributed by atoms with Crippen molar-refractivity contribution < 1.29 is 41.4 Å². The maximum atomic E-state index is 10.8. The van der Waals surface area contributed by atoms with Crippen LogP contribution in [0.4, 0.5) is 0 Å². The first-order chi connectivity index (χ1) is 13.0. The minimum atomic E-state index is -0.995. The second-order valence-corrected chi connectivity index (χ2v) is 5.84. The van der Waals surface area contributed by atoms with Gasteiger partial charge in [0.25, 0.3) is 5.69 Å². The number of aromatic carboxylic acids is 2. The molecule has 7 heteroatoms. The molecule has 0 bridgehead atoms. The van der Waals surface area contributed by atoms with Crippen molar-refractivity contribution in [1.29, 1.82) is 0 Å². The molecule has 0 spiro atoms. The van der Waals surface area contributed by atoms with Crippen molar-refractivity contribution in [2.75, 3.05) is 0 Å². The minimum Gasteiger partial charge on any atom is -0.477 e. The Labute approximate surface area is 171 Å². The van der Waals surface area contributed by atoms with Gasteiger partial charge in [-0.05, 0) is 24.3 Å². The summed E-state index contributed by atoms with van der Waals surface area (Å²) in [6.45, 7) is 0. The van der Waals surface area contributed by atoms with E-state index in [1.54, 1.807) is 29.8 Å². The van der Waals surface area contributed by atoms with Crippen LogP contribution in [0.25, 0.3) is 21.8 Å². The number of carboxylic acids is 2. The number of aryl methyl sites for hydroxylation is 1. The number of hydrogen-bond donors (Lipinski definition) is 2. The molecule has 28 heavy (non-hydrogen) atoms. The summed E-state index contributed by atoms with van der Waals surface area (Å²) in [5.41, 5.74) is 2.01. The Morgan fingerprint density at radius 1 is 0.786 bits per heavy atom. The molecular weight excluding hydrogens is 408 g/mol. The maximum Gasteiger partial charge on any atom is 0.401 e. The molecule has 145 valence electrons. The fourth-order valence-corrected chi connectivity index (χ4v) is 2.74. The van der Waals surface area contributed by atoms with Crippen LogP contribution in [0, 0.1) is 0 Å². The van der Waals surface area contributed by atoms with Crippen LogP contribution >= 0.6 is 0 Å². The van der Waals surface area contributed by atoms with Crippen LogP contribution in [0.2, 0.25) is 0 Å². The predicted molar refractivity (Wildman–Crippen MR) is 101 cm³/mol. The van der Waals surface area contributed by atoms with Crippen LogP contribution in [-0.4, -0.2) is 27.1 Å². The first-order valence-electron chi connectivity index (χ1n) is 8.17. The van der Waals surface area contributed by atoms with E-state index in [2.05, 4.69) is 4.98 Å². The number of pyridine rings is 2. The second kappa shape index (κ2) is 9.08. The van der Waals surface area contributed by atoms with Gasteiger partial charge in [0.2, 0.25) is 5.52 Å². The normalized spacial score (nSPS) is 9.89. The molecule has 2 aromatic carbocycles. The Balaban J connectivity index is 0.000000194. The van der Waals surface area contributed by atoms with E-state index in [0.29, 0.717) is 11.2 Å². The Hall–Kier alpha value is -3.28. The predicted octanol–water partition coefficient (Wildman–Crippen LogP) is 3.29. The molecule has 2 aromatic heterocycles. The third-order valence-corrected chi connectivity index (χ3v) is 4.12. The zero-order chi connectivity index (χ0) is 19.4. The van der Waals surface area contributed by atoms with Gasteiger partial charge in [-0.25, -0.2) is 14.6 Å². The summed E-state index contributed by atoms with van der Waals surface area (Å²) in [6, 6.07) is 21.8. The molecule has 0 aliphatic heterocycles. The van der Waals surface area contributed by atoms with Gasteiger partial charge < -0.3 is 10.2 Å². The van der Waals surface area contributed by atoms with Gasteiger partial charge in [-0.1, -0.05) is 36.4 Å². The van der Waals surface area contributed by atoms with Gasteiger partial charge >= 0.3 is 11.9 Å². The number of nitrogens with zero attached hydrogens (tertiary/aromatic N) is 2. The van der Waals surface area contributed by atoms with Gasteiger partial charge in [0.05, 0.1) is 5.52 Å². The monoisotopic (exact) mass is 424 g/mol. The number of rotatable bonds is 2. The molecule has 0 saturated carbocycles. The first kappa shape index (κ1) is 21.0. The summed E-state index contributed by atoms with van der Waals surface area (Å²) in [6.07, 6.45) is 0. The molecule has 2 heterocycles. The molecule has 6 nitrogen and oxygen atoms in total. The van der Waals surface area contributed by atoms with Crippen LogP contribution < -0.4 is 4.57 Å². The van der Waals surface area contributed by atoms with E-state index in [9.17, 15) is 9.59 Å². The first-order valence-corrected chi connectivity index (χ1v) is 8.17. The number of fused-ring (bicyclic) bond motifs is 2.